The number of nitrogens with one attached hydrogen (secondary N) is 2. The van der Waals surface area contributed by atoms with E-state index in [4.69, 9.17) is 14.6 Å². The molecule has 0 spiro atoms. The van der Waals surface area contributed by atoms with Crippen LogP contribution in [0.25, 0.3) is 10.2 Å². The second-order valence-corrected chi connectivity index (χ2v) is 13.4. The number of hydroxylamine groups is 1. The van der Waals surface area contributed by atoms with Crippen LogP contribution in [0.5, 0.6) is 5.75 Å². The summed E-state index contributed by atoms with van der Waals surface area (Å²) in [6.07, 6.45) is 1.12. The van der Waals surface area contributed by atoms with Crippen molar-refractivity contribution in [3.05, 3.63) is 64.4 Å². The van der Waals surface area contributed by atoms with Crippen LogP contribution in [0, 0.1) is 5.92 Å². The number of carbonyl (C=O) groups is 1. The molecule has 248 valence electrons. The van der Waals surface area contributed by atoms with Crippen molar-refractivity contribution < 1.29 is 32.3 Å². The lowest BCUT2D eigenvalue weighted by Crippen LogP contribution is -2.40. The van der Waals surface area contributed by atoms with E-state index in [0.29, 0.717) is 23.6 Å². The Hall–Kier alpha value is -3.35. The Morgan fingerprint density at radius 2 is 1.89 bits per heavy atom. The summed E-state index contributed by atoms with van der Waals surface area (Å²) in [5.74, 6) is 0.966. The highest BCUT2D eigenvalue weighted by Gasteiger charge is 2.40. The Labute approximate surface area is 271 Å². The molecule has 2 fully saturated rings. The maximum absolute atomic E-state index is 13.2. The van der Waals surface area contributed by atoms with Crippen LogP contribution in [-0.4, -0.2) is 49.6 Å². The molecule has 46 heavy (non-hydrogen) atoms. The van der Waals surface area contributed by atoms with Crippen molar-refractivity contribution in [1.82, 2.24) is 15.8 Å². The average Bonchev–Trinajstić information content (AvgIpc) is 3.97. The predicted octanol–water partition coefficient (Wildman–Crippen LogP) is 7.77. The van der Waals surface area contributed by atoms with Gasteiger partial charge in [-0.15, -0.1) is 18.7 Å². The number of hydrogen-bond donors (Lipinski definition) is 2. The van der Waals surface area contributed by atoms with E-state index < -0.39 is 12.4 Å². The van der Waals surface area contributed by atoms with Gasteiger partial charge >= 0.3 is 12.3 Å². The first kappa shape index (κ1) is 32.6. The van der Waals surface area contributed by atoms with Crippen LogP contribution in [0.15, 0.2) is 47.7 Å². The van der Waals surface area contributed by atoms with Crippen LogP contribution >= 0.6 is 11.3 Å². The Kier molecular flexibility index (Phi) is 9.50. The molecular formula is C34H41F3N4O4S. The summed E-state index contributed by atoms with van der Waals surface area (Å²) >= 11 is 1.60. The minimum atomic E-state index is -4.79. The number of fused-ring (bicyclic) bond motifs is 1. The van der Waals surface area contributed by atoms with Crippen molar-refractivity contribution in [2.75, 3.05) is 25.1 Å². The van der Waals surface area contributed by atoms with E-state index in [1.165, 1.54) is 19.2 Å². The van der Waals surface area contributed by atoms with Gasteiger partial charge in [-0.2, -0.15) is 0 Å². The summed E-state index contributed by atoms with van der Waals surface area (Å²) in [5, 5.41) is 4.63. The number of methoxy groups -OCH3 is 1. The lowest BCUT2D eigenvalue weighted by atomic mass is 9.96. The molecule has 3 unspecified atom stereocenters. The minimum Gasteiger partial charge on any atom is -0.465 e. The molecule has 0 saturated heterocycles. The largest absolute Gasteiger partial charge is 0.573 e. The van der Waals surface area contributed by atoms with E-state index in [2.05, 4.69) is 41.2 Å². The summed E-state index contributed by atoms with van der Waals surface area (Å²) in [7, 11) is 1.40. The number of allylic oxidation sites excluding steroid dienone is 1. The number of aromatic nitrogens is 1. The number of rotatable bonds is 14. The summed E-state index contributed by atoms with van der Waals surface area (Å²) < 4.78 is 50.0. The zero-order valence-corrected chi connectivity index (χ0v) is 27.4. The first-order chi connectivity index (χ1) is 22.1. The third-order valence-corrected chi connectivity index (χ3v) is 10.2. The molecule has 12 heteroatoms. The number of hydrogen-bond acceptors (Lipinski definition) is 9. The van der Waals surface area contributed by atoms with Crippen molar-refractivity contribution in [2.45, 2.75) is 89.7 Å². The van der Waals surface area contributed by atoms with Crippen molar-refractivity contribution in [3.63, 3.8) is 0 Å². The maximum Gasteiger partial charge on any atom is 0.573 e. The fraction of sp³-hybridized carbons (Fsp3) is 0.529. The second-order valence-electron chi connectivity index (χ2n) is 12.4. The van der Waals surface area contributed by atoms with Gasteiger partial charge in [0.05, 0.1) is 28.9 Å². The molecule has 1 aliphatic heterocycles. The summed E-state index contributed by atoms with van der Waals surface area (Å²) in [6, 6.07) is 9.81. The molecular weight excluding hydrogens is 617 g/mol. The van der Waals surface area contributed by atoms with Gasteiger partial charge in [-0.05, 0) is 82.1 Å². The number of thiazole rings is 1. The number of ether oxygens (including phenoxy) is 2. The van der Waals surface area contributed by atoms with Crippen LogP contribution in [0.2, 0.25) is 0 Å². The number of para-hydroxylation sites is 1. The molecule has 2 saturated carbocycles. The Bertz CT molecular complexity index is 1600. The Morgan fingerprint density at radius 3 is 2.54 bits per heavy atom. The molecule has 2 aliphatic carbocycles. The van der Waals surface area contributed by atoms with Crippen molar-refractivity contribution in [2.24, 2.45) is 5.92 Å². The molecule has 2 aromatic carbocycles. The predicted molar refractivity (Wildman–Crippen MR) is 172 cm³/mol. The average molecular weight is 659 g/mol. The van der Waals surface area contributed by atoms with Crippen LogP contribution < -0.4 is 20.4 Å². The van der Waals surface area contributed by atoms with E-state index in [0.717, 1.165) is 77.3 Å². The molecule has 0 radical (unpaired) electrons. The third-order valence-electron chi connectivity index (χ3n) is 9.12. The van der Waals surface area contributed by atoms with Gasteiger partial charge in [0, 0.05) is 42.2 Å². The molecule has 2 heterocycles. The monoisotopic (exact) mass is 658 g/mol. The van der Waals surface area contributed by atoms with Crippen LogP contribution in [0.4, 0.5) is 18.3 Å². The molecule has 2 N–H and O–H groups in total. The number of esters is 1. The number of carbonyl (C=O) groups excluding carboxylic acids is 1. The normalized spacial score (nSPS) is 19.7. The van der Waals surface area contributed by atoms with E-state index in [9.17, 15) is 18.0 Å². The number of halogens is 3. The van der Waals surface area contributed by atoms with Crippen molar-refractivity contribution in [1.29, 1.82) is 0 Å². The fourth-order valence-electron chi connectivity index (χ4n) is 6.40. The van der Waals surface area contributed by atoms with E-state index >= 15 is 0 Å². The topological polar surface area (TPSA) is 85.0 Å². The molecule has 6 rings (SSSR count). The third kappa shape index (κ3) is 7.13. The van der Waals surface area contributed by atoms with Gasteiger partial charge in [0.1, 0.15) is 11.5 Å². The highest BCUT2D eigenvalue weighted by molar-refractivity contribution is 7.22. The van der Waals surface area contributed by atoms with Gasteiger partial charge in [0.25, 0.3) is 0 Å². The molecule has 0 amide bonds. The van der Waals surface area contributed by atoms with Gasteiger partial charge < -0.3 is 24.5 Å². The standard InChI is InChI=1S/C34H41F3N4O4S/c1-5-23(38-18-26-29(40-45-31(26)21-13-14-21)24-9-7-8-10-27(24)44-34(35,36)37)15-19(3)41(6-2)33-39-30-25(20-11-12-20)16-22(32(42)43-4)17-28(30)46-33/h7-10,16-17,19-21,23,29,38,40H,5-6,11-15,18H2,1-4H3. The van der Waals surface area contributed by atoms with Gasteiger partial charge in [0.15, 0.2) is 5.13 Å². The van der Waals surface area contributed by atoms with E-state index in [-0.39, 0.29) is 29.7 Å². The number of nitrogens with zero attached hydrogens (tertiary/aromatic N) is 2. The SMILES string of the molecule is CCC(CC(C)N(CC)c1nc2c(C3CC3)cc(C(=O)OC)cc2s1)NCC1=C(C2CC2)ONC1c1ccccc1OC(F)(F)F. The van der Waals surface area contributed by atoms with Gasteiger partial charge in [0.2, 0.25) is 0 Å². The van der Waals surface area contributed by atoms with Crippen molar-refractivity contribution >= 4 is 32.7 Å². The van der Waals surface area contributed by atoms with Crippen LogP contribution in [0.1, 0.15) is 92.7 Å². The van der Waals surface area contributed by atoms with Crippen LogP contribution in [-0.2, 0) is 9.57 Å². The molecule has 1 aromatic heterocycles. The first-order valence-electron chi connectivity index (χ1n) is 16.1. The maximum atomic E-state index is 13.2. The quantitative estimate of drug-likeness (QED) is 0.170. The highest BCUT2D eigenvalue weighted by Crippen LogP contribution is 2.47. The second kappa shape index (κ2) is 13.4. The highest BCUT2D eigenvalue weighted by atomic mass is 32.1. The Morgan fingerprint density at radius 1 is 1.15 bits per heavy atom. The zero-order valence-electron chi connectivity index (χ0n) is 26.6. The number of benzene rings is 2. The van der Waals surface area contributed by atoms with Gasteiger partial charge in [-0.3, -0.25) is 0 Å². The van der Waals surface area contributed by atoms with Gasteiger partial charge in [-0.1, -0.05) is 36.5 Å². The number of anilines is 1. The molecule has 3 aromatic rings. The lowest BCUT2D eigenvalue weighted by Gasteiger charge is -2.31. The molecule has 0 bridgehead atoms. The molecule has 3 aliphatic rings. The first-order valence-corrected chi connectivity index (χ1v) is 16.9. The lowest BCUT2D eigenvalue weighted by molar-refractivity contribution is -0.275. The van der Waals surface area contributed by atoms with Crippen LogP contribution in [0.3, 0.4) is 0 Å². The summed E-state index contributed by atoms with van der Waals surface area (Å²) in [5.41, 5.74) is 6.96. The molecule has 8 nitrogen and oxygen atoms in total. The smallest absolute Gasteiger partial charge is 0.465 e. The molecule has 3 atom stereocenters. The van der Waals surface area contributed by atoms with Gasteiger partial charge in [-0.25, -0.2) is 9.78 Å². The number of alkyl halides is 3. The fourth-order valence-corrected chi connectivity index (χ4v) is 7.61. The minimum absolute atomic E-state index is 0.141. The zero-order chi connectivity index (χ0) is 32.6. The van der Waals surface area contributed by atoms with E-state index in [1.807, 2.05) is 12.1 Å². The van der Waals surface area contributed by atoms with Crippen molar-refractivity contribution in [3.8, 4) is 5.75 Å². The summed E-state index contributed by atoms with van der Waals surface area (Å²) in [4.78, 5) is 25.7. The Balaban J connectivity index is 1.18. The van der Waals surface area contributed by atoms with E-state index in [1.54, 1.807) is 23.5 Å². The summed E-state index contributed by atoms with van der Waals surface area (Å²) in [6.45, 7) is 7.70.